The highest BCUT2D eigenvalue weighted by Crippen LogP contribution is 2.20. The number of nitriles is 1. The lowest BCUT2D eigenvalue weighted by atomic mass is 10.0. The summed E-state index contributed by atoms with van der Waals surface area (Å²) in [5.41, 5.74) is 0.584. The van der Waals surface area contributed by atoms with E-state index in [-0.39, 0.29) is 0 Å². The number of ether oxygens (including phenoxy) is 1. The van der Waals surface area contributed by atoms with Crippen molar-refractivity contribution in [3.63, 3.8) is 0 Å². The van der Waals surface area contributed by atoms with Crippen molar-refractivity contribution >= 4 is 5.69 Å². The molecule has 0 amide bonds. The van der Waals surface area contributed by atoms with Crippen molar-refractivity contribution in [2.24, 2.45) is 0 Å². The van der Waals surface area contributed by atoms with Gasteiger partial charge in [0.2, 0.25) is 0 Å². The van der Waals surface area contributed by atoms with E-state index in [1.807, 2.05) is 57.1 Å². The largest absolute Gasteiger partial charge is 0.493 e. The second-order valence-electron chi connectivity index (χ2n) is 4.96. The maximum Gasteiger partial charge on any atom is 0.121 e. The molecule has 0 aromatic heterocycles. The van der Waals surface area contributed by atoms with Gasteiger partial charge in [-0.25, -0.2) is 0 Å². The maximum atomic E-state index is 9.16. The van der Waals surface area contributed by atoms with E-state index in [1.165, 1.54) is 0 Å². The number of benzene rings is 1. The van der Waals surface area contributed by atoms with Gasteiger partial charge in [0.25, 0.3) is 0 Å². The Morgan fingerprint density at radius 1 is 1.42 bits per heavy atom. The molecule has 0 aliphatic rings. The fourth-order valence-corrected chi connectivity index (χ4v) is 1.80. The number of nitrogens with one attached hydrogen (secondary N) is 1. The monoisotopic (exact) mass is 261 g/mol. The van der Waals surface area contributed by atoms with Crippen LogP contribution in [0.2, 0.25) is 0 Å². The van der Waals surface area contributed by atoms with Crippen LogP contribution in [0.15, 0.2) is 24.3 Å². The van der Waals surface area contributed by atoms with Crippen molar-refractivity contribution in [3.05, 3.63) is 24.3 Å². The summed E-state index contributed by atoms with van der Waals surface area (Å²) in [4.78, 5) is 2.03. The van der Waals surface area contributed by atoms with Crippen LogP contribution in [0.1, 0.15) is 20.3 Å². The standard InChI is InChI=1S/C15H23N3O/c1-5-17-15(2,12-16)9-10-19-14-8-6-7-13(11-14)18(3)4/h6-8,11,17H,5,9-10H2,1-4H3. The lowest BCUT2D eigenvalue weighted by molar-refractivity contribution is 0.269. The van der Waals surface area contributed by atoms with Gasteiger partial charge in [0.1, 0.15) is 11.3 Å². The summed E-state index contributed by atoms with van der Waals surface area (Å²) in [6.07, 6.45) is 0.656. The fraction of sp³-hybridized carbons (Fsp3) is 0.533. The first-order valence-electron chi connectivity index (χ1n) is 6.57. The summed E-state index contributed by atoms with van der Waals surface area (Å²) in [5.74, 6) is 0.836. The third-order valence-corrected chi connectivity index (χ3v) is 3.02. The molecule has 0 radical (unpaired) electrons. The number of anilines is 1. The predicted octanol–water partition coefficient (Wildman–Crippen LogP) is 2.41. The van der Waals surface area contributed by atoms with Crippen molar-refractivity contribution < 1.29 is 4.74 Å². The first kappa shape index (κ1) is 15.3. The minimum absolute atomic E-state index is 0.520. The highest BCUT2D eigenvalue weighted by atomic mass is 16.5. The molecule has 4 nitrogen and oxygen atoms in total. The molecule has 104 valence electrons. The molecule has 0 aliphatic carbocycles. The van der Waals surface area contributed by atoms with E-state index in [4.69, 9.17) is 10.00 Å². The molecule has 0 saturated carbocycles. The van der Waals surface area contributed by atoms with Crippen LogP contribution in [0.25, 0.3) is 0 Å². The Kier molecular flexibility index (Phi) is 5.65. The molecule has 0 saturated heterocycles. The number of hydrogen-bond donors (Lipinski definition) is 1. The van der Waals surface area contributed by atoms with Crippen LogP contribution in [0, 0.1) is 11.3 Å². The molecule has 0 bridgehead atoms. The Morgan fingerprint density at radius 2 is 2.16 bits per heavy atom. The van der Waals surface area contributed by atoms with Crippen LogP contribution in [0.3, 0.4) is 0 Å². The smallest absolute Gasteiger partial charge is 0.121 e. The molecule has 0 aliphatic heterocycles. The summed E-state index contributed by atoms with van der Waals surface area (Å²) in [7, 11) is 3.99. The molecular weight excluding hydrogens is 238 g/mol. The van der Waals surface area contributed by atoms with Crippen molar-refractivity contribution in [1.29, 1.82) is 5.26 Å². The van der Waals surface area contributed by atoms with E-state index < -0.39 is 5.54 Å². The summed E-state index contributed by atoms with van der Waals surface area (Å²) in [5, 5.41) is 12.3. The molecule has 1 atom stereocenters. The molecule has 4 heteroatoms. The van der Waals surface area contributed by atoms with Gasteiger partial charge in [-0.2, -0.15) is 5.26 Å². The Balaban J connectivity index is 2.53. The van der Waals surface area contributed by atoms with Crippen LogP contribution in [-0.4, -0.2) is 32.8 Å². The summed E-state index contributed by atoms with van der Waals surface area (Å²) in [6, 6.07) is 10.2. The minimum atomic E-state index is -0.520. The van der Waals surface area contributed by atoms with E-state index in [0.29, 0.717) is 13.0 Å². The lowest BCUT2D eigenvalue weighted by Crippen LogP contribution is -2.42. The fourth-order valence-electron chi connectivity index (χ4n) is 1.80. The van der Waals surface area contributed by atoms with E-state index in [0.717, 1.165) is 18.0 Å². The quantitative estimate of drug-likeness (QED) is 0.819. The number of rotatable bonds is 7. The molecule has 1 aromatic carbocycles. The van der Waals surface area contributed by atoms with Gasteiger partial charge in [0, 0.05) is 32.3 Å². The summed E-state index contributed by atoms with van der Waals surface area (Å²) >= 11 is 0. The third-order valence-electron chi connectivity index (χ3n) is 3.02. The number of hydrogen-bond acceptors (Lipinski definition) is 4. The highest BCUT2D eigenvalue weighted by molar-refractivity contribution is 5.49. The zero-order valence-electron chi connectivity index (χ0n) is 12.2. The van der Waals surface area contributed by atoms with E-state index in [2.05, 4.69) is 11.4 Å². The SMILES string of the molecule is CCNC(C)(C#N)CCOc1cccc(N(C)C)c1. The van der Waals surface area contributed by atoms with Gasteiger partial charge < -0.3 is 9.64 Å². The first-order chi connectivity index (χ1) is 9.00. The van der Waals surface area contributed by atoms with Crippen molar-refractivity contribution in [3.8, 4) is 11.8 Å². The minimum Gasteiger partial charge on any atom is -0.493 e. The second kappa shape index (κ2) is 7.01. The van der Waals surface area contributed by atoms with Crippen LogP contribution in [-0.2, 0) is 0 Å². The van der Waals surface area contributed by atoms with Gasteiger partial charge in [-0.3, -0.25) is 5.32 Å². The Labute approximate surface area is 116 Å². The van der Waals surface area contributed by atoms with Crippen molar-refractivity contribution in [1.82, 2.24) is 5.32 Å². The van der Waals surface area contributed by atoms with E-state index in [1.54, 1.807) is 0 Å². The summed E-state index contributed by atoms with van der Waals surface area (Å²) in [6.45, 7) is 5.20. The Hall–Kier alpha value is -1.73. The molecule has 1 N–H and O–H groups in total. The predicted molar refractivity (Wildman–Crippen MR) is 78.6 cm³/mol. The van der Waals surface area contributed by atoms with Gasteiger partial charge in [-0.1, -0.05) is 13.0 Å². The van der Waals surface area contributed by atoms with Crippen LogP contribution >= 0.6 is 0 Å². The Bertz CT molecular complexity index is 439. The normalized spacial score (nSPS) is 13.4. The second-order valence-corrected chi connectivity index (χ2v) is 4.96. The number of nitrogens with zero attached hydrogens (tertiary/aromatic N) is 2. The first-order valence-corrected chi connectivity index (χ1v) is 6.57. The van der Waals surface area contributed by atoms with Crippen molar-refractivity contribution in [2.45, 2.75) is 25.8 Å². The summed E-state index contributed by atoms with van der Waals surface area (Å²) < 4.78 is 5.72. The molecule has 1 rings (SSSR count). The van der Waals surface area contributed by atoms with Gasteiger partial charge in [0.15, 0.2) is 0 Å². The van der Waals surface area contributed by atoms with Crippen LogP contribution in [0.5, 0.6) is 5.75 Å². The van der Waals surface area contributed by atoms with Gasteiger partial charge in [-0.15, -0.1) is 0 Å². The van der Waals surface area contributed by atoms with Gasteiger partial charge in [0.05, 0.1) is 12.7 Å². The van der Waals surface area contributed by atoms with Crippen LogP contribution < -0.4 is 15.0 Å². The Morgan fingerprint density at radius 3 is 2.74 bits per heavy atom. The average Bonchev–Trinajstić information content (AvgIpc) is 2.39. The maximum absolute atomic E-state index is 9.16. The van der Waals surface area contributed by atoms with E-state index in [9.17, 15) is 0 Å². The molecule has 1 aromatic rings. The molecule has 1 unspecified atom stereocenters. The highest BCUT2D eigenvalue weighted by Gasteiger charge is 2.21. The zero-order chi connectivity index (χ0) is 14.3. The molecule has 0 heterocycles. The topological polar surface area (TPSA) is 48.3 Å². The van der Waals surface area contributed by atoms with Crippen LogP contribution in [0.4, 0.5) is 5.69 Å². The zero-order valence-corrected chi connectivity index (χ0v) is 12.2. The average molecular weight is 261 g/mol. The van der Waals surface area contributed by atoms with Gasteiger partial charge >= 0.3 is 0 Å². The molecule has 19 heavy (non-hydrogen) atoms. The molecule has 0 spiro atoms. The van der Waals surface area contributed by atoms with Crippen molar-refractivity contribution in [2.75, 3.05) is 32.1 Å². The van der Waals surface area contributed by atoms with E-state index >= 15 is 0 Å². The molecule has 0 fully saturated rings. The van der Waals surface area contributed by atoms with Gasteiger partial charge in [-0.05, 0) is 25.6 Å². The third kappa shape index (κ3) is 4.80. The lowest BCUT2D eigenvalue weighted by Gasteiger charge is -2.22. The molecular formula is C15H23N3O.